The molecule has 2 heterocycles. The molecule has 1 aromatic heterocycles. The summed E-state index contributed by atoms with van der Waals surface area (Å²) in [4.78, 5) is 17.1. The molecule has 1 aliphatic rings. The van der Waals surface area contributed by atoms with Crippen LogP contribution in [0.5, 0.6) is 0 Å². The maximum atomic E-state index is 13.0. The first-order valence-electron chi connectivity index (χ1n) is 10.1. The van der Waals surface area contributed by atoms with Crippen molar-refractivity contribution < 1.29 is 17.7 Å². The number of sulfonamides is 1. The van der Waals surface area contributed by atoms with E-state index in [1.165, 1.54) is 16.4 Å². The molecule has 4 rings (SSSR count). The van der Waals surface area contributed by atoms with Gasteiger partial charge in [-0.3, -0.25) is 4.79 Å². The van der Waals surface area contributed by atoms with Crippen LogP contribution in [0.2, 0.25) is 0 Å². The van der Waals surface area contributed by atoms with Crippen LogP contribution in [0.25, 0.3) is 11.4 Å². The largest absolute Gasteiger partial charge is 0.339 e. The standard InChI is InChI=1S/C22H21N5O4S/c1-15-24-21(26-31-15)18-7-3-4-8-19(18)25-22(28)16-10-12-27(13-11-16)32(29,30)20-9-5-2-6-17(20)14-23/h2-9,16H,10-13H2,1H3,(H,25,28). The zero-order valence-electron chi connectivity index (χ0n) is 17.4. The van der Waals surface area contributed by atoms with Crippen LogP contribution in [0, 0.1) is 24.2 Å². The summed E-state index contributed by atoms with van der Waals surface area (Å²) in [5.41, 5.74) is 1.32. The normalized spacial score (nSPS) is 15.2. The first-order chi connectivity index (χ1) is 15.4. The lowest BCUT2D eigenvalue weighted by Crippen LogP contribution is -2.41. The Labute approximate surface area is 185 Å². The number of carbonyl (C=O) groups is 1. The quantitative estimate of drug-likeness (QED) is 0.631. The van der Waals surface area contributed by atoms with Gasteiger partial charge in [-0.05, 0) is 37.1 Å². The molecule has 2 aromatic carbocycles. The van der Waals surface area contributed by atoms with Crippen molar-refractivity contribution in [1.29, 1.82) is 5.26 Å². The number of aromatic nitrogens is 2. The third kappa shape index (κ3) is 4.26. The fourth-order valence-corrected chi connectivity index (χ4v) is 5.32. The summed E-state index contributed by atoms with van der Waals surface area (Å²) in [6, 6.07) is 15.2. The Bertz CT molecular complexity index is 1290. The number of nitrogens with one attached hydrogen (secondary N) is 1. The van der Waals surface area contributed by atoms with Gasteiger partial charge in [-0.2, -0.15) is 14.6 Å². The Kier molecular flexibility index (Phi) is 6.03. The van der Waals surface area contributed by atoms with E-state index in [4.69, 9.17) is 4.52 Å². The van der Waals surface area contributed by atoms with Gasteiger partial charge in [0.1, 0.15) is 6.07 Å². The van der Waals surface area contributed by atoms with E-state index in [1.807, 2.05) is 12.1 Å². The molecule has 0 atom stereocenters. The number of benzene rings is 2. The zero-order chi connectivity index (χ0) is 22.7. The highest BCUT2D eigenvalue weighted by atomic mass is 32.2. The van der Waals surface area contributed by atoms with Crippen molar-refractivity contribution in [2.45, 2.75) is 24.7 Å². The van der Waals surface area contributed by atoms with Crippen LogP contribution in [-0.4, -0.2) is 41.9 Å². The number of hydrogen-bond acceptors (Lipinski definition) is 7. The summed E-state index contributed by atoms with van der Waals surface area (Å²) in [5.74, 6) is 0.281. The van der Waals surface area contributed by atoms with E-state index >= 15 is 0 Å². The average Bonchev–Trinajstić information content (AvgIpc) is 3.25. The summed E-state index contributed by atoms with van der Waals surface area (Å²) in [5, 5.41) is 16.1. The second-order valence-corrected chi connectivity index (χ2v) is 9.36. The summed E-state index contributed by atoms with van der Waals surface area (Å²) in [6.07, 6.45) is 0.756. The Balaban J connectivity index is 1.45. The van der Waals surface area contributed by atoms with Crippen molar-refractivity contribution in [3.63, 3.8) is 0 Å². The second kappa shape index (κ2) is 8.90. The lowest BCUT2D eigenvalue weighted by Gasteiger charge is -2.30. The highest BCUT2D eigenvalue weighted by Crippen LogP contribution is 2.29. The van der Waals surface area contributed by atoms with Crippen LogP contribution in [0.4, 0.5) is 5.69 Å². The van der Waals surface area contributed by atoms with Gasteiger partial charge in [0.15, 0.2) is 0 Å². The molecule has 0 aliphatic carbocycles. The van der Waals surface area contributed by atoms with Crippen LogP contribution < -0.4 is 5.32 Å². The van der Waals surface area contributed by atoms with E-state index in [0.29, 0.717) is 35.8 Å². The number of anilines is 1. The summed E-state index contributed by atoms with van der Waals surface area (Å²) < 4.78 is 32.4. The maximum Gasteiger partial charge on any atom is 0.244 e. The molecule has 1 N–H and O–H groups in total. The van der Waals surface area contributed by atoms with Gasteiger partial charge in [0.05, 0.1) is 16.1 Å². The Morgan fingerprint density at radius 3 is 2.53 bits per heavy atom. The van der Waals surface area contributed by atoms with Crippen molar-refractivity contribution in [1.82, 2.24) is 14.4 Å². The zero-order valence-corrected chi connectivity index (χ0v) is 18.2. The summed E-state index contributed by atoms with van der Waals surface area (Å²) in [7, 11) is -3.80. The number of amides is 1. The molecule has 0 unspecified atom stereocenters. The van der Waals surface area contributed by atoms with E-state index in [1.54, 1.807) is 37.3 Å². The van der Waals surface area contributed by atoms with Crippen molar-refractivity contribution in [2.75, 3.05) is 18.4 Å². The number of para-hydroxylation sites is 1. The second-order valence-electron chi connectivity index (χ2n) is 7.46. The molecule has 9 nitrogen and oxygen atoms in total. The molecule has 0 radical (unpaired) electrons. The minimum atomic E-state index is -3.80. The SMILES string of the molecule is Cc1nc(-c2ccccc2NC(=O)C2CCN(S(=O)(=O)c3ccccc3C#N)CC2)no1. The van der Waals surface area contributed by atoms with E-state index in [0.717, 1.165) is 0 Å². The smallest absolute Gasteiger partial charge is 0.244 e. The van der Waals surface area contributed by atoms with Gasteiger partial charge in [0, 0.05) is 31.5 Å². The van der Waals surface area contributed by atoms with E-state index < -0.39 is 10.0 Å². The first-order valence-corrected chi connectivity index (χ1v) is 11.5. The van der Waals surface area contributed by atoms with Crippen LogP contribution in [0.15, 0.2) is 57.9 Å². The molecule has 0 spiro atoms. The third-order valence-electron chi connectivity index (χ3n) is 5.40. The van der Waals surface area contributed by atoms with Gasteiger partial charge >= 0.3 is 0 Å². The average molecular weight is 452 g/mol. The topological polar surface area (TPSA) is 129 Å². The number of piperidine rings is 1. The molecule has 0 bridgehead atoms. The lowest BCUT2D eigenvalue weighted by atomic mass is 9.97. The third-order valence-corrected chi connectivity index (χ3v) is 7.36. The van der Waals surface area contributed by atoms with Gasteiger partial charge in [0.2, 0.25) is 27.6 Å². The van der Waals surface area contributed by atoms with Gasteiger partial charge in [0.25, 0.3) is 0 Å². The lowest BCUT2D eigenvalue weighted by molar-refractivity contribution is -0.120. The fourth-order valence-electron chi connectivity index (χ4n) is 3.71. The van der Waals surface area contributed by atoms with Crippen molar-refractivity contribution >= 4 is 21.6 Å². The van der Waals surface area contributed by atoms with Crippen molar-refractivity contribution in [3.05, 3.63) is 60.0 Å². The minimum absolute atomic E-state index is 0.00488. The van der Waals surface area contributed by atoms with Crippen LogP contribution >= 0.6 is 0 Å². The number of aryl methyl sites for hydroxylation is 1. The van der Waals surface area contributed by atoms with Crippen LogP contribution in [0.1, 0.15) is 24.3 Å². The van der Waals surface area contributed by atoms with E-state index in [9.17, 15) is 18.5 Å². The molecule has 164 valence electrons. The summed E-state index contributed by atoms with van der Waals surface area (Å²) >= 11 is 0. The number of nitrogens with zero attached hydrogens (tertiary/aromatic N) is 4. The first kappa shape index (κ1) is 21.7. The Hall–Kier alpha value is -3.55. The molecule has 32 heavy (non-hydrogen) atoms. The summed E-state index contributed by atoms with van der Waals surface area (Å²) in [6.45, 7) is 2.09. The predicted molar refractivity (Wildman–Crippen MR) is 116 cm³/mol. The molecule has 1 fully saturated rings. The van der Waals surface area contributed by atoms with Gasteiger partial charge in [-0.15, -0.1) is 0 Å². The Morgan fingerprint density at radius 1 is 1.16 bits per heavy atom. The molecular formula is C22H21N5O4S. The monoisotopic (exact) mass is 451 g/mol. The number of rotatable bonds is 5. The van der Waals surface area contributed by atoms with Gasteiger partial charge in [-0.25, -0.2) is 8.42 Å². The highest BCUT2D eigenvalue weighted by molar-refractivity contribution is 7.89. The highest BCUT2D eigenvalue weighted by Gasteiger charge is 2.33. The molecule has 0 saturated carbocycles. The molecular weight excluding hydrogens is 430 g/mol. The fraction of sp³-hybridized carbons (Fsp3) is 0.273. The molecule has 1 saturated heterocycles. The molecule has 10 heteroatoms. The van der Waals surface area contributed by atoms with Gasteiger partial charge < -0.3 is 9.84 Å². The minimum Gasteiger partial charge on any atom is -0.339 e. The predicted octanol–water partition coefficient (Wildman–Crippen LogP) is 2.96. The van der Waals surface area contributed by atoms with E-state index in [-0.39, 0.29) is 35.4 Å². The maximum absolute atomic E-state index is 13.0. The number of carbonyl (C=O) groups excluding carboxylic acids is 1. The molecule has 1 aliphatic heterocycles. The van der Waals surface area contributed by atoms with Crippen molar-refractivity contribution in [2.24, 2.45) is 5.92 Å². The molecule has 1 amide bonds. The van der Waals surface area contributed by atoms with Crippen LogP contribution in [-0.2, 0) is 14.8 Å². The van der Waals surface area contributed by atoms with Gasteiger partial charge in [-0.1, -0.05) is 29.4 Å². The molecule has 3 aromatic rings. The number of hydrogen-bond donors (Lipinski definition) is 1. The Morgan fingerprint density at radius 2 is 1.84 bits per heavy atom. The van der Waals surface area contributed by atoms with E-state index in [2.05, 4.69) is 15.5 Å². The number of nitriles is 1. The van der Waals surface area contributed by atoms with Crippen LogP contribution in [0.3, 0.4) is 0 Å². The van der Waals surface area contributed by atoms with Crippen molar-refractivity contribution in [3.8, 4) is 17.5 Å².